The van der Waals surface area contributed by atoms with Crippen molar-refractivity contribution in [2.75, 3.05) is 4.90 Å². The molecule has 0 saturated heterocycles. The van der Waals surface area contributed by atoms with Gasteiger partial charge in [-0.15, -0.1) is 0 Å². The third-order valence-electron chi connectivity index (χ3n) is 10.1. The highest BCUT2D eigenvalue weighted by Crippen LogP contribution is 2.44. The highest BCUT2D eigenvalue weighted by molar-refractivity contribution is 6.29. The van der Waals surface area contributed by atoms with E-state index in [9.17, 15) is 0 Å². The largest absolute Gasteiger partial charge is 0.435 e. The van der Waals surface area contributed by atoms with Gasteiger partial charge in [0.1, 0.15) is 5.52 Å². The Kier molecular flexibility index (Phi) is 7.14. The molecule has 0 N–H and O–H groups in total. The van der Waals surface area contributed by atoms with Gasteiger partial charge in [0.25, 0.3) is 0 Å². The quantitative estimate of drug-likeness (QED) is 0.166. The van der Waals surface area contributed by atoms with Crippen LogP contribution in [0.15, 0.2) is 199 Å². The van der Waals surface area contributed by atoms with Crippen molar-refractivity contribution in [3.63, 3.8) is 0 Å². The zero-order valence-corrected chi connectivity index (χ0v) is 28.3. The summed E-state index contributed by atoms with van der Waals surface area (Å²) in [6, 6.07) is 68.7. The molecular weight excluding hydrogens is 633 g/mol. The number of hydrogen-bond acceptors (Lipinski definition) is 3. The lowest BCUT2D eigenvalue weighted by Gasteiger charge is -2.26. The predicted octanol–water partition coefficient (Wildman–Crippen LogP) is 13.8. The fourth-order valence-electron chi connectivity index (χ4n) is 7.66. The van der Waals surface area contributed by atoms with E-state index >= 15 is 0 Å². The summed E-state index contributed by atoms with van der Waals surface area (Å²) in [4.78, 5) is 7.55. The summed E-state index contributed by atoms with van der Waals surface area (Å²) in [6.07, 6.45) is 0. The molecule has 0 unspecified atom stereocenters. The minimum Gasteiger partial charge on any atom is -0.435 e. The predicted molar refractivity (Wildman–Crippen MR) is 218 cm³/mol. The third kappa shape index (κ3) is 5.02. The number of para-hydroxylation sites is 1. The topological polar surface area (TPSA) is 29.3 Å². The number of rotatable bonds is 6. The van der Waals surface area contributed by atoms with Crippen LogP contribution in [0, 0.1) is 0 Å². The maximum atomic E-state index is 6.62. The van der Waals surface area contributed by atoms with E-state index in [4.69, 9.17) is 9.40 Å². The summed E-state index contributed by atoms with van der Waals surface area (Å²) < 4.78 is 6.62. The van der Waals surface area contributed by atoms with Crippen LogP contribution >= 0.6 is 0 Å². The first-order valence-electron chi connectivity index (χ1n) is 17.6. The van der Waals surface area contributed by atoms with E-state index in [1.54, 1.807) is 0 Å². The van der Waals surface area contributed by atoms with Crippen molar-refractivity contribution in [3.8, 4) is 33.7 Å². The Morgan fingerprint density at radius 2 is 0.962 bits per heavy atom. The first kappa shape index (κ1) is 29.9. The van der Waals surface area contributed by atoms with Crippen molar-refractivity contribution in [2.45, 2.75) is 0 Å². The second-order valence-electron chi connectivity index (χ2n) is 13.1. The van der Waals surface area contributed by atoms with Crippen LogP contribution in [0.2, 0.25) is 0 Å². The Morgan fingerprint density at radius 3 is 1.73 bits per heavy atom. The fraction of sp³-hybridized carbons (Fsp3) is 0. The summed E-state index contributed by atoms with van der Waals surface area (Å²) in [5, 5.41) is 6.75. The molecule has 10 aromatic rings. The highest BCUT2D eigenvalue weighted by Gasteiger charge is 2.20. The van der Waals surface area contributed by atoms with E-state index in [0.29, 0.717) is 5.89 Å². The molecule has 0 bridgehead atoms. The van der Waals surface area contributed by atoms with Gasteiger partial charge in [-0.3, -0.25) is 0 Å². The summed E-state index contributed by atoms with van der Waals surface area (Å²) in [5.41, 5.74) is 10.6. The van der Waals surface area contributed by atoms with Gasteiger partial charge < -0.3 is 9.32 Å². The van der Waals surface area contributed by atoms with Crippen molar-refractivity contribution in [1.82, 2.24) is 4.98 Å². The maximum Gasteiger partial charge on any atom is 0.227 e. The lowest BCUT2D eigenvalue weighted by atomic mass is 9.94. The monoisotopic (exact) mass is 664 g/mol. The van der Waals surface area contributed by atoms with Crippen LogP contribution in [0.5, 0.6) is 0 Å². The zero-order valence-electron chi connectivity index (χ0n) is 28.3. The standard InChI is InChI=1S/C49H32N2O/c1-4-15-33(16-5-1)40-23-10-11-24-41(40)36-19-14-22-38(31-36)51(37-20-8-3-9-21-37)39-29-27-34-28-30-43-42-25-12-13-26-44(42)48-47(46(43)45(34)32-39)50-49(52-48)35-17-6-2-7-18-35/h1-32H. The van der Waals surface area contributed by atoms with Gasteiger partial charge in [0.2, 0.25) is 5.89 Å². The molecular formula is C49H32N2O. The average Bonchev–Trinajstić information content (AvgIpc) is 3.68. The number of aromatic nitrogens is 1. The Morgan fingerprint density at radius 1 is 0.385 bits per heavy atom. The molecule has 0 amide bonds. The van der Waals surface area contributed by atoms with Crippen LogP contribution in [-0.2, 0) is 0 Å². The number of benzene rings is 9. The lowest BCUT2D eigenvalue weighted by molar-refractivity contribution is 0.623. The molecule has 1 aromatic heterocycles. The molecule has 0 aliphatic heterocycles. The second kappa shape index (κ2) is 12.4. The van der Waals surface area contributed by atoms with Gasteiger partial charge in [0, 0.05) is 33.4 Å². The Hall–Kier alpha value is -6.97. The fourth-order valence-corrected chi connectivity index (χ4v) is 7.66. The van der Waals surface area contributed by atoms with Crippen LogP contribution in [0.25, 0.3) is 77.1 Å². The van der Waals surface area contributed by atoms with Crippen molar-refractivity contribution < 1.29 is 4.42 Å². The molecule has 0 saturated carbocycles. The molecule has 1 heterocycles. The van der Waals surface area contributed by atoms with E-state index in [1.807, 2.05) is 18.2 Å². The number of anilines is 3. The van der Waals surface area contributed by atoms with Gasteiger partial charge in [-0.05, 0) is 92.3 Å². The number of oxazole rings is 1. The lowest BCUT2D eigenvalue weighted by Crippen LogP contribution is -2.10. The first-order chi connectivity index (χ1) is 25.8. The van der Waals surface area contributed by atoms with Gasteiger partial charge in [-0.2, -0.15) is 0 Å². The van der Waals surface area contributed by atoms with E-state index in [2.05, 4.69) is 181 Å². The molecule has 0 atom stereocenters. The van der Waals surface area contributed by atoms with E-state index in [1.165, 1.54) is 16.7 Å². The Balaban J connectivity index is 1.21. The highest BCUT2D eigenvalue weighted by atomic mass is 16.3. The van der Waals surface area contributed by atoms with Crippen LogP contribution in [-0.4, -0.2) is 4.98 Å². The number of fused-ring (bicyclic) bond motifs is 8. The summed E-state index contributed by atoms with van der Waals surface area (Å²) >= 11 is 0. The molecule has 0 radical (unpaired) electrons. The summed E-state index contributed by atoms with van der Waals surface area (Å²) in [5.74, 6) is 0.625. The first-order valence-corrected chi connectivity index (χ1v) is 17.6. The van der Waals surface area contributed by atoms with Gasteiger partial charge in [0.05, 0.1) is 0 Å². The normalized spacial score (nSPS) is 11.5. The average molecular weight is 665 g/mol. The molecule has 52 heavy (non-hydrogen) atoms. The summed E-state index contributed by atoms with van der Waals surface area (Å²) in [7, 11) is 0. The molecule has 0 aliphatic rings. The molecule has 0 aliphatic carbocycles. The second-order valence-corrected chi connectivity index (χ2v) is 13.1. The smallest absolute Gasteiger partial charge is 0.227 e. The van der Waals surface area contributed by atoms with Crippen molar-refractivity contribution in [2.24, 2.45) is 0 Å². The van der Waals surface area contributed by atoms with Crippen LogP contribution in [0.4, 0.5) is 17.1 Å². The van der Waals surface area contributed by atoms with Crippen LogP contribution < -0.4 is 4.90 Å². The molecule has 10 rings (SSSR count). The van der Waals surface area contributed by atoms with Crippen molar-refractivity contribution >= 4 is 60.5 Å². The van der Waals surface area contributed by atoms with Gasteiger partial charge in [-0.25, -0.2) is 4.98 Å². The van der Waals surface area contributed by atoms with E-state index < -0.39 is 0 Å². The van der Waals surface area contributed by atoms with E-state index in [0.717, 1.165) is 71.6 Å². The van der Waals surface area contributed by atoms with Crippen LogP contribution in [0.3, 0.4) is 0 Å². The maximum absolute atomic E-state index is 6.62. The van der Waals surface area contributed by atoms with Crippen molar-refractivity contribution in [1.29, 1.82) is 0 Å². The SMILES string of the molecule is c1ccc(-c2nc3c(o2)c2ccccc2c2ccc4ccc(N(c5ccccc5)c5cccc(-c6ccccc6-c6ccccc6)c5)cc4c23)cc1. The Labute approximate surface area is 301 Å². The van der Waals surface area contributed by atoms with Gasteiger partial charge in [0.15, 0.2) is 5.58 Å². The van der Waals surface area contributed by atoms with Gasteiger partial charge >= 0.3 is 0 Å². The molecule has 0 fully saturated rings. The molecule has 0 spiro atoms. The summed E-state index contributed by atoms with van der Waals surface area (Å²) in [6.45, 7) is 0. The number of nitrogens with zero attached hydrogens (tertiary/aromatic N) is 2. The van der Waals surface area contributed by atoms with Crippen molar-refractivity contribution in [3.05, 3.63) is 194 Å². The number of hydrogen-bond donors (Lipinski definition) is 0. The molecule has 3 nitrogen and oxygen atoms in total. The van der Waals surface area contributed by atoms with E-state index in [-0.39, 0.29) is 0 Å². The third-order valence-corrected chi connectivity index (χ3v) is 10.1. The molecule has 9 aromatic carbocycles. The Bertz CT molecular complexity index is 2900. The molecule has 3 heteroatoms. The molecule has 244 valence electrons. The minimum absolute atomic E-state index is 0.625. The van der Waals surface area contributed by atoms with Gasteiger partial charge in [-0.1, -0.05) is 146 Å². The minimum atomic E-state index is 0.625. The zero-order chi connectivity index (χ0) is 34.4. The van der Waals surface area contributed by atoms with Crippen LogP contribution in [0.1, 0.15) is 0 Å².